The first-order chi connectivity index (χ1) is 15.2. The first-order valence-corrected chi connectivity index (χ1v) is 10.1. The first-order valence-electron chi connectivity index (χ1n) is 9.74. The molecular formula is C23H18ClF2N3O3. The van der Waals surface area contributed by atoms with Crippen LogP contribution in [0.25, 0.3) is 11.3 Å². The third-order valence-electron chi connectivity index (χ3n) is 5.21. The van der Waals surface area contributed by atoms with Gasteiger partial charge in [0, 0.05) is 36.4 Å². The van der Waals surface area contributed by atoms with E-state index in [0.717, 1.165) is 5.69 Å². The van der Waals surface area contributed by atoms with Crippen molar-refractivity contribution in [3.63, 3.8) is 0 Å². The molecule has 4 rings (SSSR count). The molecule has 0 atom stereocenters. The lowest BCUT2D eigenvalue weighted by atomic mass is 9.97. The third kappa shape index (κ3) is 4.01. The molecule has 0 saturated heterocycles. The van der Waals surface area contributed by atoms with Gasteiger partial charge in [-0.1, -0.05) is 29.8 Å². The van der Waals surface area contributed by atoms with E-state index in [0.29, 0.717) is 11.8 Å². The molecule has 1 amide bonds. The molecule has 1 aliphatic heterocycles. The van der Waals surface area contributed by atoms with Gasteiger partial charge in [-0.25, -0.2) is 18.3 Å². The fourth-order valence-electron chi connectivity index (χ4n) is 3.68. The van der Waals surface area contributed by atoms with E-state index < -0.39 is 29.8 Å². The van der Waals surface area contributed by atoms with Gasteiger partial charge in [-0.15, -0.1) is 0 Å². The molecule has 0 unspecified atom stereocenters. The Morgan fingerprint density at radius 3 is 2.59 bits per heavy atom. The summed E-state index contributed by atoms with van der Waals surface area (Å²) in [5.41, 5.74) is 1.16. The van der Waals surface area contributed by atoms with Gasteiger partial charge in [0.25, 0.3) is 11.8 Å². The molecule has 9 heteroatoms. The number of benzene rings is 2. The number of carboxylic acids is 1. The second kappa shape index (κ2) is 8.20. The molecule has 1 aromatic heterocycles. The number of carboxylic acid groups (broad SMARTS) is 1. The maximum atomic E-state index is 14.8. The van der Waals surface area contributed by atoms with Crippen molar-refractivity contribution in [3.8, 4) is 5.69 Å². The molecule has 2 aromatic carbocycles. The average Bonchev–Trinajstić information content (AvgIpc) is 3.14. The highest BCUT2D eigenvalue weighted by Gasteiger charge is 2.41. The van der Waals surface area contributed by atoms with Crippen molar-refractivity contribution in [2.75, 3.05) is 11.4 Å². The number of aryl methyl sites for hydroxylation is 1. The van der Waals surface area contributed by atoms with E-state index >= 15 is 0 Å². The highest BCUT2D eigenvalue weighted by atomic mass is 35.5. The lowest BCUT2D eigenvalue weighted by Gasteiger charge is -2.23. The van der Waals surface area contributed by atoms with Gasteiger partial charge in [0.1, 0.15) is 0 Å². The molecule has 2 heterocycles. The number of halogens is 3. The average molecular weight is 458 g/mol. The van der Waals surface area contributed by atoms with Gasteiger partial charge in [0.2, 0.25) is 0 Å². The van der Waals surface area contributed by atoms with Crippen LogP contribution >= 0.6 is 11.6 Å². The molecule has 3 aromatic rings. The minimum Gasteiger partial charge on any atom is -0.478 e. The van der Waals surface area contributed by atoms with Crippen LogP contribution in [-0.4, -0.2) is 39.2 Å². The lowest BCUT2D eigenvalue weighted by molar-refractivity contribution is -0.131. The Hall–Kier alpha value is -3.52. The van der Waals surface area contributed by atoms with Crippen LogP contribution in [0.2, 0.25) is 5.02 Å². The Kier molecular flexibility index (Phi) is 5.56. The number of carbonyl (C=O) groups excluding carboxylic acids is 1. The second-order valence-electron chi connectivity index (χ2n) is 7.39. The van der Waals surface area contributed by atoms with Crippen LogP contribution < -0.4 is 4.90 Å². The van der Waals surface area contributed by atoms with E-state index in [2.05, 4.69) is 5.10 Å². The maximum Gasteiger partial charge on any atom is 0.328 e. The summed E-state index contributed by atoms with van der Waals surface area (Å²) in [7, 11) is 0. The Bertz CT molecular complexity index is 1250. The highest BCUT2D eigenvalue weighted by molar-refractivity contribution is 6.34. The van der Waals surface area contributed by atoms with Crippen molar-refractivity contribution in [3.05, 3.63) is 82.6 Å². The number of alkyl halides is 2. The minimum absolute atomic E-state index is 0.00879. The number of para-hydroxylation sites is 1. The van der Waals surface area contributed by atoms with Gasteiger partial charge >= 0.3 is 5.97 Å². The van der Waals surface area contributed by atoms with Crippen LogP contribution in [0.1, 0.15) is 28.0 Å². The number of hydrogen-bond donors (Lipinski definition) is 1. The second-order valence-corrected chi connectivity index (χ2v) is 7.80. The molecule has 0 saturated carbocycles. The Morgan fingerprint density at radius 2 is 1.94 bits per heavy atom. The fourth-order valence-corrected chi connectivity index (χ4v) is 3.94. The summed E-state index contributed by atoms with van der Waals surface area (Å²) < 4.78 is 31.3. The molecule has 1 aliphatic rings. The van der Waals surface area contributed by atoms with Gasteiger partial charge < -0.3 is 10.0 Å². The summed E-state index contributed by atoms with van der Waals surface area (Å²) >= 11 is 6.40. The molecule has 6 nitrogen and oxygen atoms in total. The molecule has 0 radical (unpaired) electrons. The van der Waals surface area contributed by atoms with E-state index in [4.69, 9.17) is 16.7 Å². The SMILES string of the molecule is Cc1ccn(-c2ccc(C(=O)N3CCC(F)(F)C(=CC(=O)O)c4ccccc43)c(Cl)c2)n1. The summed E-state index contributed by atoms with van der Waals surface area (Å²) in [6, 6.07) is 12.6. The summed E-state index contributed by atoms with van der Waals surface area (Å²) in [6.07, 6.45) is 1.53. The number of allylic oxidation sites excluding steroid dienone is 1. The predicted octanol–water partition coefficient (Wildman–Crippen LogP) is 4.99. The van der Waals surface area contributed by atoms with Crippen LogP contribution in [-0.2, 0) is 4.79 Å². The van der Waals surface area contributed by atoms with Crippen molar-refractivity contribution in [1.29, 1.82) is 0 Å². The summed E-state index contributed by atoms with van der Waals surface area (Å²) in [4.78, 5) is 25.8. The standard InChI is InChI=1S/C23H18ClF2N3O3/c1-14-8-10-29(27-14)15-6-7-17(19(24)12-15)22(32)28-11-9-23(25,26)18(13-21(30)31)16-4-2-3-5-20(16)28/h2-8,10,12-13H,9,11H2,1H3,(H,30,31). The van der Waals surface area contributed by atoms with E-state index in [9.17, 15) is 18.4 Å². The van der Waals surface area contributed by atoms with Gasteiger partial charge in [0.15, 0.2) is 0 Å². The summed E-state index contributed by atoms with van der Waals surface area (Å²) in [5.74, 6) is -5.46. The normalized spacial score (nSPS) is 16.5. The zero-order chi connectivity index (χ0) is 23.0. The number of rotatable bonds is 3. The van der Waals surface area contributed by atoms with Crippen molar-refractivity contribution >= 4 is 34.7 Å². The van der Waals surface area contributed by atoms with Gasteiger partial charge in [-0.2, -0.15) is 5.10 Å². The van der Waals surface area contributed by atoms with E-state index in [1.165, 1.54) is 29.2 Å². The molecule has 164 valence electrons. The smallest absolute Gasteiger partial charge is 0.328 e. The molecule has 1 N–H and O–H groups in total. The third-order valence-corrected chi connectivity index (χ3v) is 5.52. The van der Waals surface area contributed by atoms with E-state index in [1.807, 2.05) is 13.0 Å². The van der Waals surface area contributed by atoms with Gasteiger partial charge in [0.05, 0.1) is 27.7 Å². The largest absolute Gasteiger partial charge is 0.478 e. The predicted molar refractivity (Wildman–Crippen MR) is 117 cm³/mol. The molecule has 0 spiro atoms. The van der Waals surface area contributed by atoms with Crippen molar-refractivity contribution in [1.82, 2.24) is 9.78 Å². The zero-order valence-electron chi connectivity index (χ0n) is 16.9. The Morgan fingerprint density at radius 1 is 1.19 bits per heavy atom. The van der Waals surface area contributed by atoms with Crippen LogP contribution in [0.15, 0.2) is 60.8 Å². The van der Waals surface area contributed by atoms with E-state index in [1.54, 1.807) is 29.1 Å². The van der Waals surface area contributed by atoms with Crippen molar-refractivity contribution in [2.45, 2.75) is 19.3 Å². The summed E-state index contributed by atoms with van der Waals surface area (Å²) in [5, 5.41) is 13.6. The number of aliphatic carboxylic acids is 1. The van der Waals surface area contributed by atoms with Crippen LogP contribution in [0.4, 0.5) is 14.5 Å². The van der Waals surface area contributed by atoms with Crippen molar-refractivity contribution < 1.29 is 23.5 Å². The number of nitrogens with zero attached hydrogens (tertiary/aromatic N) is 3. The highest BCUT2D eigenvalue weighted by Crippen LogP contribution is 2.43. The lowest BCUT2D eigenvalue weighted by Crippen LogP contribution is -2.33. The molecule has 0 bridgehead atoms. The van der Waals surface area contributed by atoms with Gasteiger partial charge in [-0.05, 0) is 37.3 Å². The molecule has 0 fully saturated rings. The molecule has 0 aliphatic carbocycles. The Labute approximate surface area is 187 Å². The summed E-state index contributed by atoms with van der Waals surface area (Å²) in [6.45, 7) is 1.53. The number of carbonyl (C=O) groups is 2. The first kappa shape index (κ1) is 21.7. The maximum absolute atomic E-state index is 14.8. The van der Waals surface area contributed by atoms with Gasteiger partial charge in [-0.3, -0.25) is 4.79 Å². The molecule has 32 heavy (non-hydrogen) atoms. The van der Waals surface area contributed by atoms with Crippen LogP contribution in [0.3, 0.4) is 0 Å². The van der Waals surface area contributed by atoms with Crippen molar-refractivity contribution in [2.24, 2.45) is 0 Å². The monoisotopic (exact) mass is 457 g/mol. The molecular weight excluding hydrogens is 440 g/mol. The van der Waals surface area contributed by atoms with Crippen LogP contribution in [0, 0.1) is 6.92 Å². The number of aromatic nitrogens is 2. The van der Waals surface area contributed by atoms with Crippen LogP contribution in [0.5, 0.6) is 0 Å². The van der Waals surface area contributed by atoms with E-state index in [-0.39, 0.29) is 28.4 Å². The minimum atomic E-state index is -3.42. The fraction of sp³-hybridized carbons (Fsp3) is 0.174. The number of fused-ring (bicyclic) bond motifs is 1. The number of amides is 1. The quantitative estimate of drug-likeness (QED) is 0.562. The number of hydrogen-bond acceptors (Lipinski definition) is 3. The topological polar surface area (TPSA) is 75.4 Å². The zero-order valence-corrected chi connectivity index (χ0v) is 17.7. The number of anilines is 1. The Balaban J connectivity index is 1.76.